The van der Waals surface area contributed by atoms with Crippen molar-refractivity contribution in [1.82, 2.24) is 18.8 Å². The number of rotatable bonds is 6. The predicted octanol–water partition coefficient (Wildman–Crippen LogP) is 3.44. The lowest BCUT2D eigenvalue weighted by Gasteiger charge is -2.45. The van der Waals surface area contributed by atoms with Crippen LogP contribution in [-0.2, 0) is 22.8 Å². The standard InChI is InChI=1S/C27H33N5O3S/c1-27-13-16-32(36(34,35)19-20-7-5-4-6-8-20)24(27)10-9-22(18-27)30(2)26-29-23(17-25(33)31(26)3)21-11-14-28-15-12-21/h4-8,11-12,14-15,17,22,24H,9-10,13,16,18-19H2,1-3H3/t22-,24-,27+/m1/s1. The fourth-order valence-corrected chi connectivity index (χ4v) is 7.86. The molecule has 2 fully saturated rings. The van der Waals surface area contributed by atoms with Gasteiger partial charge in [-0.15, -0.1) is 0 Å². The topological polar surface area (TPSA) is 88.4 Å². The Morgan fingerprint density at radius 3 is 2.56 bits per heavy atom. The second-order valence-electron chi connectivity index (χ2n) is 10.4. The summed E-state index contributed by atoms with van der Waals surface area (Å²) in [6.07, 6.45) is 6.69. The van der Waals surface area contributed by atoms with Crippen LogP contribution in [0.4, 0.5) is 5.95 Å². The van der Waals surface area contributed by atoms with Gasteiger partial charge >= 0.3 is 0 Å². The number of anilines is 1. The molecule has 2 aromatic heterocycles. The highest BCUT2D eigenvalue weighted by atomic mass is 32.2. The van der Waals surface area contributed by atoms with Crippen molar-refractivity contribution in [2.45, 2.75) is 50.4 Å². The molecule has 3 heterocycles. The molecule has 1 saturated heterocycles. The van der Waals surface area contributed by atoms with E-state index in [2.05, 4.69) is 16.8 Å². The number of pyridine rings is 1. The summed E-state index contributed by atoms with van der Waals surface area (Å²) in [4.78, 5) is 23.8. The number of fused-ring (bicyclic) bond motifs is 1. The van der Waals surface area contributed by atoms with Crippen LogP contribution in [0.3, 0.4) is 0 Å². The second kappa shape index (κ2) is 9.44. The molecule has 1 aliphatic carbocycles. The fourth-order valence-electron chi connectivity index (χ4n) is 5.96. The van der Waals surface area contributed by atoms with Crippen molar-refractivity contribution in [2.75, 3.05) is 18.5 Å². The summed E-state index contributed by atoms with van der Waals surface area (Å²) < 4.78 is 30.1. The molecule has 0 bridgehead atoms. The van der Waals surface area contributed by atoms with Gasteiger partial charge in [-0.2, -0.15) is 4.31 Å². The molecule has 8 nitrogen and oxygen atoms in total. The van der Waals surface area contributed by atoms with E-state index in [1.54, 1.807) is 34.4 Å². The van der Waals surface area contributed by atoms with E-state index < -0.39 is 10.0 Å². The number of nitrogens with zero attached hydrogens (tertiary/aromatic N) is 5. The van der Waals surface area contributed by atoms with Crippen LogP contribution in [0.1, 0.15) is 38.2 Å². The van der Waals surface area contributed by atoms with E-state index >= 15 is 0 Å². The Bertz CT molecular complexity index is 1390. The minimum Gasteiger partial charge on any atom is -0.342 e. The summed E-state index contributed by atoms with van der Waals surface area (Å²) in [5.74, 6) is 0.658. The monoisotopic (exact) mass is 507 g/mol. The number of sulfonamides is 1. The molecule has 0 radical (unpaired) electrons. The van der Waals surface area contributed by atoms with Crippen molar-refractivity contribution in [3.05, 3.63) is 76.8 Å². The molecule has 0 amide bonds. The summed E-state index contributed by atoms with van der Waals surface area (Å²) >= 11 is 0. The van der Waals surface area contributed by atoms with Gasteiger partial charge in [-0.25, -0.2) is 13.4 Å². The van der Waals surface area contributed by atoms with Gasteiger partial charge in [0.05, 0.1) is 11.4 Å². The molecule has 1 saturated carbocycles. The van der Waals surface area contributed by atoms with E-state index in [0.29, 0.717) is 18.2 Å². The molecule has 0 N–H and O–H groups in total. The third-order valence-corrected chi connectivity index (χ3v) is 9.88. The average molecular weight is 508 g/mol. The lowest BCUT2D eigenvalue weighted by atomic mass is 9.70. The third-order valence-electron chi connectivity index (χ3n) is 8.03. The van der Waals surface area contributed by atoms with Gasteiger partial charge in [-0.05, 0) is 48.8 Å². The Kier molecular flexibility index (Phi) is 6.46. The van der Waals surface area contributed by atoms with Crippen molar-refractivity contribution in [3.63, 3.8) is 0 Å². The van der Waals surface area contributed by atoms with Crippen LogP contribution >= 0.6 is 0 Å². The maximum atomic E-state index is 13.4. The van der Waals surface area contributed by atoms with Crippen LogP contribution in [0.2, 0.25) is 0 Å². The summed E-state index contributed by atoms with van der Waals surface area (Å²) in [5.41, 5.74) is 2.06. The lowest BCUT2D eigenvalue weighted by Crippen LogP contribution is -2.50. The third kappa shape index (κ3) is 4.57. The molecule has 0 unspecified atom stereocenters. The van der Waals surface area contributed by atoms with Gasteiger partial charge < -0.3 is 4.90 Å². The number of aromatic nitrogens is 3. The van der Waals surface area contributed by atoms with Crippen LogP contribution < -0.4 is 10.5 Å². The highest BCUT2D eigenvalue weighted by molar-refractivity contribution is 7.88. The van der Waals surface area contributed by atoms with Crippen molar-refractivity contribution in [1.29, 1.82) is 0 Å². The summed E-state index contributed by atoms with van der Waals surface area (Å²) in [5, 5.41) is 0. The van der Waals surface area contributed by atoms with Gasteiger partial charge in [0.15, 0.2) is 0 Å². The first-order chi connectivity index (χ1) is 17.2. The SMILES string of the molecule is CN(c1nc(-c2ccncc2)cc(=O)n1C)[C@@H]1CC[C@H]2N(S(=O)(=O)Cc3ccccc3)CC[C@@]2(C)C1. The molecule has 2 aliphatic rings. The van der Waals surface area contributed by atoms with Crippen LogP contribution in [0.5, 0.6) is 0 Å². The smallest absolute Gasteiger partial charge is 0.255 e. The molecule has 3 aromatic rings. The lowest BCUT2D eigenvalue weighted by molar-refractivity contribution is 0.143. The van der Waals surface area contributed by atoms with Gasteiger partial charge in [0.25, 0.3) is 5.56 Å². The van der Waals surface area contributed by atoms with Crippen molar-refractivity contribution >= 4 is 16.0 Å². The largest absolute Gasteiger partial charge is 0.342 e. The van der Waals surface area contributed by atoms with E-state index in [0.717, 1.165) is 36.8 Å². The quantitative estimate of drug-likeness (QED) is 0.508. The van der Waals surface area contributed by atoms with E-state index in [4.69, 9.17) is 4.98 Å². The van der Waals surface area contributed by atoms with Crippen molar-refractivity contribution in [3.8, 4) is 11.3 Å². The number of benzene rings is 1. The average Bonchev–Trinajstić information content (AvgIpc) is 3.23. The minimum atomic E-state index is -3.40. The number of hydrogen-bond donors (Lipinski definition) is 0. The first-order valence-electron chi connectivity index (χ1n) is 12.4. The molecule has 9 heteroatoms. The Balaban J connectivity index is 1.36. The molecule has 1 aromatic carbocycles. The molecule has 1 aliphatic heterocycles. The summed E-state index contributed by atoms with van der Waals surface area (Å²) in [7, 11) is 0.336. The van der Waals surface area contributed by atoms with E-state index in [9.17, 15) is 13.2 Å². The first-order valence-corrected chi connectivity index (χ1v) is 14.0. The normalized spacial score (nSPS) is 24.4. The van der Waals surface area contributed by atoms with Gasteiger partial charge in [-0.3, -0.25) is 14.3 Å². The second-order valence-corrected chi connectivity index (χ2v) is 12.3. The zero-order valence-electron chi connectivity index (χ0n) is 21.0. The molecule has 36 heavy (non-hydrogen) atoms. The van der Waals surface area contributed by atoms with Crippen LogP contribution in [0.25, 0.3) is 11.3 Å². The number of hydrogen-bond acceptors (Lipinski definition) is 6. The molecular weight excluding hydrogens is 474 g/mol. The Morgan fingerprint density at radius 2 is 1.83 bits per heavy atom. The Labute approximate surface area is 212 Å². The van der Waals surface area contributed by atoms with Crippen molar-refractivity contribution < 1.29 is 8.42 Å². The van der Waals surface area contributed by atoms with Crippen LogP contribution in [0.15, 0.2) is 65.7 Å². The van der Waals surface area contributed by atoms with E-state index in [1.807, 2.05) is 49.5 Å². The maximum Gasteiger partial charge on any atom is 0.255 e. The van der Waals surface area contributed by atoms with Gasteiger partial charge in [0.1, 0.15) is 0 Å². The molecule has 190 valence electrons. The Morgan fingerprint density at radius 1 is 1.11 bits per heavy atom. The summed E-state index contributed by atoms with van der Waals surface area (Å²) in [6, 6.07) is 14.8. The molecule has 5 rings (SSSR count). The van der Waals surface area contributed by atoms with Crippen LogP contribution in [0, 0.1) is 5.41 Å². The molecule has 0 spiro atoms. The zero-order chi connectivity index (χ0) is 25.5. The predicted molar refractivity (Wildman–Crippen MR) is 141 cm³/mol. The van der Waals surface area contributed by atoms with Gasteiger partial charge in [0, 0.05) is 56.7 Å². The fraction of sp³-hybridized carbons (Fsp3) is 0.444. The van der Waals surface area contributed by atoms with Gasteiger partial charge in [-0.1, -0.05) is 37.3 Å². The highest BCUT2D eigenvalue weighted by Crippen LogP contribution is 2.49. The van der Waals surface area contributed by atoms with Crippen molar-refractivity contribution in [2.24, 2.45) is 12.5 Å². The first kappa shape index (κ1) is 24.6. The summed E-state index contributed by atoms with van der Waals surface area (Å²) in [6.45, 7) is 2.77. The zero-order valence-corrected chi connectivity index (χ0v) is 21.9. The Hall–Kier alpha value is -3.04. The van der Waals surface area contributed by atoms with E-state index in [-0.39, 0.29) is 28.8 Å². The maximum absolute atomic E-state index is 13.4. The molecular formula is C27H33N5O3S. The minimum absolute atomic E-state index is 0.00389. The van der Waals surface area contributed by atoms with Gasteiger partial charge in [0.2, 0.25) is 16.0 Å². The highest BCUT2D eigenvalue weighted by Gasteiger charge is 2.51. The van der Waals surface area contributed by atoms with E-state index in [1.165, 1.54) is 0 Å². The molecule has 3 atom stereocenters. The van der Waals surface area contributed by atoms with Crippen LogP contribution in [-0.4, -0.2) is 52.9 Å².